The van der Waals surface area contributed by atoms with Crippen molar-refractivity contribution in [2.75, 3.05) is 26.3 Å². The van der Waals surface area contributed by atoms with Crippen LogP contribution in [0.25, 0.3) is 0 Å². The molecule has 1 aliphatic heterocycles. The zero-order chi connectivity index (χ0) is 12.8. The highest BCUT2D eigenvalue weighted by molar-refractivity contribution is 7.10. The van der Waals surface area contributed by atoms with Crippen LogP contribution in [-0.2, 0) is 11.3 Å². The lowest BCUT2D eigenvalue weighted by molar-refractivity contribution is -0.0123. The quantitative estimate of drug-likeness (QED) is 0.844. The van der Waals surface area contributed by atoms with Crippen molar-refractivity contribution < 1.29 is 4.74 Å². The molecule has 3 nitrogen and oxygen atoms in total. The maximum absolute atomic E-state index is 5.53. The summed E-state index contributed by atoms with van der Waals surface area (Å²) in [5.41, 5.74) is 6.56. The highest BCUT2D eigenvalue weighted by atomic mass is 32.1. The molecule has 0 aliphatic carbocycles. The molecule has 2 N–H and O–H groups in total. The first-order valence-corrected chi connectivity index (χ1v) is 7.30. The van der Waals surface area contributed by atoms with E-state index in [4.69, 9.17) is 10.5 Å². The van der Waals surface area contributed by atoms with Gasteiger partial charge in [-0.25, -0.2) is 0 Å². The second kappa shape index (κ2) is 6.91. The fourth-order valence-corrected chi connectivity index (χ4v) is 3.03. The third-order valence-corrected chi connectivity index (χ3v) is 4.14. The van der Waals surface area contributed by atoms with E-state index in [0.29, 0.717) is 12.6 Å². The highest BCUT2D eigenvalue weighted by Crippen LogP contribution is 2.21. The number of hydrogen-bond acceptors (Lipinski definition) is 4. The molecule has 98 valence electrons. The second-order valence-electron chi connectivity index (χ2n) is 4.37. The number of rotatable bonds is 3. The van der Waals surface area contributed by atoms with Crippen LogP contribution in [0.1, 0.15) is 23.8 Å². The van der Waals surface area contributed by atoms with Crippen LogP contribution < -0.4 is 5.73 Å². The van der Waals surface area contributed by atoms with Crippen molar-refractivity contribution in [3.63, 3.8) is 0 Å². The van der Waals surface area contributed by atoms with E-state index >= 15 is 0 Å². The Labute approximate surface area is 113 Å². The molecule has 1 fully saturated rings. The van der Waals surface area contributed by atoms with Gasteiger partial charge in [-0.2, -0.15) is 0 Å². The third kappa shape index (κ3) is 3.33. The fourth-order valence-electron chi connectivity index (χ4n) is 2.18. The number of hydrogen-bond donors (Lipinski definition) is 1. The minimum Gasteiger partial charge on any atom is -0.378 e. The van der Waals surface area contributed by atoms with Gasteiger partial charge in [0, 0.05) is 29.6 Å². The van der Waals surface area contributed by atoms with E-state index in [1.807, 2.05) is 0 Å². The molecule has 1 aliphatic rings. The summed E-state index contributed by atoms with van der Waals surface area (Å²) in [6, 6.07) is 2.63. The minimum atomic E-state index is 0.421. The Hall–Kier alpha value is -0.860. The van der Waals surface area contributed by atoms with E-state index < -0.39 is 0 Å². The van der Waals surface area contributed by atoms with Gasteiger partial charge >= 0.3 is 0 Å². The Kier molecular flexibility index (Phi) is 5.21. The van der Waals surface area contributed by atoms with Crippen LogP contribution in [0.5, 0.6) is 0 Å². The second-order valence-corrected chi connectivity index (χ2v) is 5.37. The van der Waals surface area contributed by atoms with Crippen LogP contribution in [-0.4, -0.2) is 37.2 Å². The van der Waals surface area contributed by atoms with Crippen molar-refractivity contribution in [2.45, 2.75) is 25.9 Å². The van der Waals surface area contributed by atoms with Crippen LogP contribution >= 0.6 is 11.3 Å². The van der Waals surface area contributed by atoms with Crippen LogP contribution in [0.3, 0.4) is 0 Å². The Balaban J connectivity index is 2.06. The number of thiophene rings is 1. The highest BCUT2D eigenvalue weighted by Gasteiger charge is 2.22. The standard InChI is InChI=1S/C14H20N2OS/c1-2-13-11-17-8-7-16(13)10-14-12(4-3-6-15)5-9-18-14/h5,9,13H,2,6-8,10-11,15H2,1H3. The maximum atomic E-state index is 5.53. The molecule has 4 heteroatoms. The smallest absolute Gasteiger partial charge is 0.0622 e. The van der Waals surface area contributed by atoms with E-state index in [9.17, 15) is 0 Å². The van der Waals surface area contributed by atoms with Gasteiger partial charge in [-0.3, -0.25) is 4.90 Å². The Bertz CT molecular complexity index is 432. The zero-order valence-electron chi connectivity index (χ0n) is 10.8. The largest absolute Gasteiger partial charge is 0.378 e. The lowest BCUT2D eigenvalue weighted by atomic mass is 10.1. The van der Waals surface area contributed by atoms with Gasteiger partial charge in [0.15, 0.2) is 0 Å². The van der Waals surface area contributed by atoms with Gasteiger partial charge < -0.3 is 10.5 Å². The van der Waals surface area contributed by atoms with Gasteiger partial charge in [0.05, 0.1) is 19.8 Å². The average molecular weight is 264 g/mol. The van der Waals surface area contributed by atoms with Crippen molar-refractivity contribution in [2.24, 2.45) is 5.73 Å². The molecule has 2 heterocycles. The first kappa shape index (κ1) is 13.6. The van der Waals surface area contributed by atoms with Crippen molar-refractivity contribution >= 4 is 11.3 Å². The van der Waals surface area contributed by atoms with Crippen molar-refractivity contribution in [3.8, 4) is 11.8 Å². The summed E-state index contributed by atoms with van der Waals surface area (Å²) in [6.45, 7) is 6.33. The van der Waals surface area contributed by atoms with E-state index in [-0.39, 0.29) is 0 Å². The van der Waals surface area contributed by atoms with Gasteiger partial charge in [0.25, 0.3) is 0 Å². The van der Waals surface area contributed by atoms with E-state index in [1.165, 1.54) is 4.88 Å². The van der Waals surface area contributed by atoms with Gasteiger partial charge in [0.1, 0.15) is 0 Å². The van der Waals surface area contributed by atoms with Gasteiger partial charge in [-0.15, -0.1) is 11.3 Å². The van der Waals surface area contributed by atoms with E-state index in [1.54, 1.807) is 11.3 Å². The molecule has 0 saturated carbocycles. The molecule has 18 heavy (non-hydrogen) atoms. The minimum absolute atomic E-state index is 0.421. The summed E-state index contributed by atoms with van der Waals surface area (Å²) in [4.78, 5) is 3.85. The summed E-state index contributed by atoms with van der Waals surface area (Å²) in [7, 11) is 0. The van der Waals surface area contributed by atoms with Crippen molar-refractivity contribution in [3.05, 3.63) is 21.9 Å². The summed E-state index contributed by atoms with van der Waals surface area (Å²) < 4.78 is 5.53. The molecule has 0 radical (unpaired) electrons. The lowest BCUT2D eigenvalue weighted by Gasteiger charge is -2.34. The summed E-state index contributed by atoms with van der Waals surface area (Å²) in [6.07, 6.45) is 1.13. The van der Waals surface area contributed by atoms with Crippen LogP contribution in [0.15, 0.2) is 11.4 Å². The molecule has 1 saturated heterocycles. The molecular weight excluding hydrogens is 244 g/mol. The summed E-state index contributed by atoms with van der Waals surface area (Å²) >= 11 is 1.78. The Morgan fingerprint density at radius 3 is 3.28 bits per heavy atom. The first-order valence-electron chi connectivity index (χ1n) is 6.42. The summed E-state index contributed by atoms with van der Waals surface area (Å²) in [5.74, 6) is 6.09. The molecule has 2 rings (SSSR count). The number of ether oxygens (including phenoxy) is 1. The molecule has 0 bridgehead atoms. The first-order chi connectivity index (χ1) is 8.85. The lowest BCUT2D eigenvalue weighted by Crippen LogP contribution is -2.44. The van der Waals surface area contributed by atoms with Crippen molar-refractivity contribution in [1.82, 2.24) is 4.90 Å². The number of nitrogens with zero attached hydrogens (tertiary/aromatic N) is 1. The maximum Gasteiger partial charge on any atom is 0.0622 e. The molecule has 0 spiro atoms. The number of morpholine rings is 1. The molecule has 1 atom stereocenters. The molecule has 1 aromatic heterocycles. The topological polar surface area (TPSA) is 38.5 Å². The van der Waals surface area contributed by atoms with Gasteiger partial charge in [-0.05, 0) is 17.9 Å². The zero-order valence-corrected chi connectivity index (χ0v) is 11.6. The average Bonchev–Trinajstić information content (AvgIpc) is 2.84. The Morgan fingerprint density at radius 1 is 1.61 bits per heavy atom. The van der Waals surface area contributed by atoms with Crippen molar-refractivity contribution in [1.29, 1.82) is 0 Å². The van der Waals surface area contributed by atoms with Crippen LogP contribution in [0.4, 0.5) is 0 Å². The SMILES string of the molecule is CCC1COCCN1Cc1sccc1C#CCN. The van der Waals surface area contributed by atoms with Gasteiger partial charge in [-0.1, -0.05) is 18.8 Å². The van der Waals surface area contributed by atoms with Crippen LogP contribution in [0, 0.1) is 11.8 Å². The predicted molar refractivity (Wildman–Crippen MR) is 75.6 cm³/mol. The number of nitrogens with two attached hydrogens (primary N) is 1. The van der Waals surface area contributed by atoms with Gasteiger partial charge in [0.2, 0.25) is 0 Å². The third-order valence-electron chi connectivity index (χ3n) is 3.24. The molecule has 0 amide bonds. The molecule has 1 aromatic rings. The normalized spacial score (nSPS) is 20.4. The van der Waals surface area contributed by atoms with E-state index in [0.717, 1.165) is 38.3 Å². The Morgan fingerprint density at radius 2 is 2.50 bits per heavy atom. The van der Waals surface area contributed by atoms with Crippen LogP contribution in [0.2, 0.25) is 0 Å². The molecule has 1 unspecified atom stereocenters. The van der Waals surface area contributed by atoms with E-state index in [2.05, 4.69) is 35.1 Å². The monoisotopic (exact) mass is 264 g/mol. The fraction of sp³-hybridized carbons (Fsp3) is 0.571. The molecule has 0 aromatic carbocycles. The predicted octanol–water partition coefficient (Wildman–Crippen LogP) is 1.67. The molecular formula is C14H20N2OS. The summed E-state index contributed by atoms with van der Waals surface area (Å²) in [5, 5.41) is 2.11.